The van der Waals surface area contributed by atoms with Crippen LogP contribution in [0.4, 0.5) is 20.2 Å². The van der Waals surface area contributed by atoms with E-state index in [1.54, 1.807) is 24.4 Å². The smallest absolute Gasteiger partial charge is 0.173 e. The number of anilines is 2. The van der Waals surface area contributed by atoms with Gasteiger partial charge in [-0.1, -0.05) is 12.1 Å². The zero-order valence-electron chi connectivity index (χ0n) is 15.9. The molecule has 1 fully saturated rings. The van der Waals surface area contributed by atoms with E-state index in [-0.39, 0.29) is 23.2 Å². The van der Waals surface area contributed by atoms with Gasteiger partial charge in [0.15, 0.2) is 5.82 Å². The van der Waals surface area contributed by atoms with E-state index < -0.39 is 11.6 Å². The van der Waals surface area contributed by atoms with Crippen LogP contribution in [-0.4, -0.2) is 30.8 Å². The number of fused-ring (bicyclic) bond motifs is 2. The number of benzene rings is 2. The fourth-order valence-electron chi connectivity index (χ4n) is 4.30. The van der Waals surface area contributed by atoms with E-state index in [2.05, 4.69) is 20.2 Å². The number of aliphatic imine (C=N–C) groups is 1. The number of rotatable bonds is 3. The van der Waals surface area contributed by atoms with Crippen molar-refractivity contribution in [2.45, 2.75) is 12.5 Å². The summed E-state index contributed by atoms with van der Waals surface area (Å²) >= 11 is 0. The second-order valence-electron chi connectivity index (χ2n) is 7.36. The van der Waals surface area contributed by atoms with E-state index in [1.165, 1.54) is 6.07 Å². The van der Waals surface area contributed by atoms with Gasteiger partial charge in [0.25, 0.3) is 0 Å². The lowest BCUT2D eigenvalue weighted by Crippen LogP contribution is -2.33. The van der Waals surface area contributed by atoms with Gasteiger partial charge in [0.05, 0.1) is 17.2 Å². The first kappa shape index (κ1) is 17.8. The van der Waals surface area contributed by atoms with Gasteiger partial charge in [-0.15, -0.1) is 0 Å². The second-order valence-corrected chi connectivity index (χ2v) is 7.36. The molecule has 2 aliphatic heterocycles. The Bertz CT molecular complexity index is 1160. The molecule has 29 heavy (non-hydrogen) atoms. The predicted molar refractivity (Wildman–Crippen MR) is 114 cm³/mol. The molecule has 2 atom stereocenters. The first-order chi connectivity index (χ1) is 14.2. The first-order valence-corrected chi connectivity index (χ1v) is 9.70. The standard InChI is InChI=1S/C23H20F2N4/c1-26-15-6-7-17-19(12-15)28-22(16-4-2-3-5-18(16)24)21(25)23(17)29-11-9-14-13-27-10-8-20(14)29/h2-8,10,12-14,20,26H,9,11H2,1H3. The van der Waals surface area contributed by atoms with E-state index in [9.17, 15) is 4.39 Å². The van der Waals surface area contributed by atoms with Crippen molar-refractivity contribution in [1.29, 1.82) is 0 Å². The van der Waals surface area contributed by atoms with Gasteiger partial charge in [0.2, 0.25) is 0 Å². The fourth-order valence-corrected chi connectivity index (χ4v) is 4.30. The van der Waals surface area contributed by atoms with Crippen molar-refractivity contribution in [2.24, 2.45) is 10.9 Å². The quantitative estimate of drug-likeness (QED) is 0.683. The van der Waals surface area contributed by atoms with Gasteiger partial charge in [0, 0.05) is 48.6 Å². The van der Waals surface area contributed by atoms with Crippen molar-refractivity contribution in [3.8, 4) is 11.3 Å². The summed E-state index contributed by atoms with van der Waals surface area (Å²) < 4.78 is 30.4. The summed E-state index contributed by atoms with van der Waals surface area (Å²) in [6.07, 6.45) is 6.60. The molecule has 0 aliphatic carbocycles. The van der Waals surface area contributed by atoms with Gasteiger partial charge in [-0.25, -0.2) is 13.8 Å². The van der Waals surface area contributed by atoms with Crippen LogP contribution in [0, 0.1) is 17.6 Å². The largest absolute Gasteiger partial charge is 0.388 e. The molecule has 1 saturated heterocycles. The van der Waals surface area contributed by atoms with E-state index in [4.69, 9.17) is 0 Å². The normalized spacial score (nSPS) is 20.3. The Balaban J connectivity index is 1.78. The number of pyridine rings is 1. The fraction of sp³-hybridized carbons (Fsp3) is 0.217. The highest BCUT2D eigenvalue weighted by molar-refractivity contribution is 5.97. The number of nitrogens with zero attached hydrogens (tertiary/aromatic N) is 3. The molecule has 0 radical (unpaired) electrons. The SMILES string of the molecule is CNc1ccc2c(N3CCC4C=NC=CC43)c(F)c(-c3ccccc3F)nc2c1. The van der Waals surface area contributed by atoms with Crippen LogP contribution >= 0.6 is 0 Å². The van der Waals surface area contributed by atoms with Crippen LogP contribution in [-0.2, 0) is 0 Å². The minimum absolute atomic E-state index is 0.0325. The summed E-state index contributed by atoms with van der Waals surface area (Å²) in [6.45, 7) is 0.701. The van der Waals surface area contributed by atoms with Crippen LogP contribution in [0.15, 0.2) is 59.7 Å². The van der Waals surface area contributed by atoms with Gasteiger partial charge < -0.3 is 10.2 Å². The molecule has 0 bridgehead atoms. The summed E-state index contributed by atoms with van der Waals surface area (Å²) in [4.78, 5) is 10.8. The molecule has 6 heteroatoms. The molecular weight excluding hydrogens is 370 g/mol. The number of aromatic nitrogens is 1. The first-order valence-electron chi connectivity index (χ1n) is 9.70. The third kappa shape index (κ3) is 2.87. The number of nitrogens with one attached hydrogen (secondary N) is 1. The van der Waals surface area contributed by atoms with Crippen molar-refractivity contribution in [3.05, 3.63) is 66.4 Å². The predicted octanol–water partition coefficient (Wildman–Crippen LogP) is 5.01. The topological polar surface area (TPSA) is 40.5 Å². The number of hydrogen-bond donors (Lipinski definition) is 1. The zero-order valence-corrected chi connectivity index (χ0v) is 15.9. The van der Waals surface area contributed by atoms with E-state index in [0.717, 1.165) is 17.5 Å². The summed E-state index contributed by atoms with van der Waals surface area (Å²) in [7, 11) is 1.82. The Morgan fingerprint density at radius 3 is 2.83 bits per heavy atom. The monoisotopic (exact) mass is 390 g/mol. The highest BCUT2D eigenvalue weighted by atomic mass is 19.1. The molecule has 0 amide bonds. The van der Waals surface area contributed by atoms with E-state index in [1.807, 2.05) is 37.5 Å². The minimum atomic E-state index is -0.489. The van der Waals surface area contributed by atoms with Gasteiger partial charge in [-0.3, -0.25) is 4.99 Å². The zero-order chi connectivity index (χ0) is 20.0. The molecule has 2 aromatic carbocycles. The average Bonchev–Trinajstić information content (AvgIpc) is 3.17. The number of hydrogen-bond acceptors (Lipinski definition) is 4. The third-order valence-corrected chi connectivity index (χ3v) is 5.75. The van der Waals surface area contributed by atoms with Crippen LogP contribution in [0.5, 0.6) is 0 Å². The van der Waals surface area contributed by atoms with Crippen LogP contribution in [0.1, 0.15) is 6.42 Å². The Morgan fingerprint density at radius 1 is 1.14 bits per heavy atom. The van der Waals surface area contributed by atoms with Crippen LogP contribution in [0.25, 0.3) is 22.2 Å². The lowest BCUT2D eigenvalue weighted by molar-refractivity contribution is 0.606. The molecule has 3 heterocycles. The van der Waals surface area contributed by atoms with Gasteiger partial charge in [-0.2, -0.15) is 0 Å². The Hall–Kier alpha value is -3.28. The molecule has 2 aliphatic rings. The summed E-state index contributed by atoms with van der Waals surface area (Å²) in [5, 5.41) is 3.81. The van der Waals surface area contributed by atoms with Crippen LogP contribution in [0.2, 0.25) is 0 Å². The van der Waals surface area contributed by atoms with Gasteiger partial charge >= 0.3 is 0 Å². The van der Waals surface area contributed by atoms with Crippen molar-refractivity contribution < 1.29 is 8.78 Å². The lowest BCUT2D eigenvalue weighted by atomic mass is 9.99. The molecular formula is C23H20F2N4. The highest BCUT2D eigenvalue weighted by Gasteiger charge is 2.36. The maximum Gasteiger partial charge on any atom is 0.173 e. The molecule has 1 aromatic heterocycles. The molecule has 0 saturated carbocycles. The number of halogens is 2. The van der Waals surface area contributed by atoms with Crippen molar-refractivity contribution in [3.63, 3.8) is 0 Å². The second kappa shape index (κ2) is 6.95. The third-order valence-electron chi connectivity index (χ3n) is 5.75. The molecule has 3 aromatic rings. The van der Waals surface area contributed by atoms with Crippen molar-refractivity contribution >= 4 is 28.5 Å². The average molecular weight is 390 g/mol. The summed E-state index contributed by atoms with van der Waals surface area (Å²) in [5.74, 6) is -0.731. The van der Waals surface area contributed by atoms with Crippen LogP contribution < -0.4 is 10.2 Å². The molecule has 4 nitrogen and oxygen atoms in total. The minimum Gasteiger partial charge on any atom is -0.388 e. The van der Waals surface area contributed by atoms with Crippen molar-refractivity contribution in [1.82, 2.24) is 4.98 Å². The molecule has 5 rings (SSSR count). The molecule has 2 unspecified atom stereocenters. The molecule has 1 N–H and O–H groups in total. The maximum atomic E-state index is 15.9. The lowest BCUT2D eigenvalue weighted by Gasteiger charge is -2.29. The Kier molecular flexibility index (Phi) is 4.27. The van der Waals surface area contributed by atoms with E-state index in [0.29, 0.717) is 17.7 Å². The van der Waals surface area contributed by atoms with Gasteiger partial charge in [-0.05, 0) is 42.8 Å². The highest BCUT2D eigenvalue weighted by Crippen LogP contribution is 2.41. The Labute approximate surface area is 167 Å². The maximum absolute atomic E-state index is 15.9. The van der Waals surface area contributed by atoms with Gasteiger partial charge in [0.1, 0.15) is 11.5 Å². The summed E-state index contributed by atoms with van der Waals surface area (Å²) in [5.41, 5.74) is 2.17. The molecule has 0 spiro atoms. The Morgan fingerprint density at radius 2 is 2.00 bits per heavy atom. The molecule has 146 valence electrons. The van der Waals surface area contributed by atoms with Crippen LogP contribution in [0.3, 0.4) is 0 Å². The van der Waals surface area contributed by atoms with Crippen molar-refractivity contribution in [2.75, 3.05) is 23.8 Å². The van der Waals surface area contributed by atoms with E-state index >= 15 is 4.39 Å². The summed E-state index contributed by atoms with van der Waals surface area (Å²) in [6, 6.07) is 11.9.